The van der Waals surface area contributed by atoms with E-state index in [1.165, 1.54) is 6.07 Å². The fraction of sp³-hybridized carbons (Fsp3) is 0.350. The maximum atomic E-state index is 14.3. The van der Waals surface area contributed by atoms with E-state index in [4.69, 9.17) is 4.74 Å². The van der Waals surface area contributed by atoms with E-state index in [9.17, 15) is 9.18 Å². The van der Waals surface area contributed by atoms with Crippen LogP contribution >= 0.6 is 0 Å². The van der Waals surface area contributed by atoms with Crippen LogP contribution < -0.4 is 10.6 Å². The predicted octanol–water partition coefficient (Wildman–Crippen LogP) is 2.60. The standard InChI is InChI=1S/C20H23FN2O2/c21-18-9-5-4-8-17(18)19(12-15-6-2-1-3-7-15)23-20(24)13-16-14-25-11-10-22-16/h1-9,16,19,22H,10-14H2,(H,23,24). The molecule has 1 fully saturated rings. The number of hydrogen-bond acceptors (Lipinski definition) is 3. The van der Waals surface area contributed by atoms with E-state index in [-0.39, 0.29) is 17.8 Å². The highest BCUT2D eigenvalue weighted by Gasteiger charge is 2.22. The fourth-order valence-electron chi connectivity index (χ4n) is 3.07. The van der Waals surface area contributed by atoms with Gasteiger partial charge in [-0.2, -0.15) is 0 Å². The van der Waals surface area contributed by atoms with Crippen LogP contribution in [0.1, 0.15) is 23.6 Å². The Kier molecular flexibility index (Phi) is 6.14. The number of nitrogens with one attached hydrogen (secondary N) is 2. The molecule has 2 aromatic rings. The van der Waals surface area contributed by atoms with Crippen LogP contribution in [-0.4, -0.2) is 31.7 Å². The molecule has 1 saturated heterocycles. The largest absolute Gasteiger partial charge is 0.378 e. The Bertz CT molecular complexity index is 687. The highest BCUT2D eigenvalue weighted by atomic mass is 19.1. The highest BCUT2D eigenvalue weighted by molar-refractivity contribution is 5.77. The van der Waals surface area contributed by atoms with Crippen molar-refractivity contribution in [1.29, 1.82) is 0 Å². The molecule has 2 atom stereocenters. The second kappa shape index (κ2) is 8.74. The summed E-state index contributed by atoms with van der Waals surface area (Å²) in [5, 5.41) is 6.26. The van der Waals surface area contributed by atoms with Crippen molar-refractivity contribution in [3.63, 3.8) is 0 Å². The molecule has 4 nitrogen and oxygen atoms in total. The number of amides is 1. The first-order valence-electron chi connectivity index (χ1n) is 8.61. The van der Waals surface area contributed by atoms with Crippen molar-refractivity contribution in [3.05, 3.63) is 71.5 Å². The molecule has 2 N–H and O–H groups in total. The normalized spacial score (nSPS) is 18.5. The number of rotatable bonds is 6. The number of ether oxygens (including phenoxy) is 1. The van der Waals surface area contributed by atoms with Gasteiger partial charge in [-0.25, -0.2) is 4.39 Å². The smallest absolute Gasteiger partial charge is 0.222 e. The number of carbonyl (C=O) groups excluding carboxylic acids is 1. The van der Waals surface area contributed by atoms with Gasteiger partial charge in [-0.05, 0) is 18.1 Å². The van der Waals surface area contributed by atoms with Crippen LogP contribution in [0.25, 0.3) is 0 Å². The minimum atomic E-state index is -0.402. The monoisotopic (exact) mass is 342 g/mol. The molecule has 0 bridgehead atoms. The molecule has 0 spiro atoms. The quantitative estimate of drug-likeness (QED) is 0.848. The summed E-state index contributed by atoms with van der Waals surface area (Å²) in [6.45, 7) is 1.94. The van der Waals surface area contributed by atoms with Gasteiger partial charge in [-0.1, -0.05) is 48.5 Å². The summed E-state index contributed by atoms with van der Waals surface area (Å²) < 4.78 is 19.7. The summed E-state index contributed by atoms with van der Waals surface area (Å²) >= 11 is 0. The maximum Gasteiger partial charge on any atom is 0.222 e. The van der Waals surface area contributed by atoms with Crippen LogP contribution in [0.15, 0.2) is 54.6 Å². The molecular weight excluding hydrogens is 319 g/mol. The van der Waals surface area contributed by atoms with Crippen molar-refractivity contribution in [3.8, 4) is 0 Å². The molecule has 3 rings (SSSR count). The lowest BCUT2D eigenvalue weighted by Crippen LogP contribution is -2.44. The maximum absolute atomic E-state index is 14.3. The van der Waals surface area contributed by atoms with Crippen molar-refractivity contribution >= 4 is 5.91 Å². The van der Waals surface area contributed by atoms with Crippen LogP contribution in [-0.2, 0) is 16.0 Å². The third-order valence-electron chi connectivity index (χ3n) is 4.33. The second-order valence-corrected chi connectivity index (χ2v) is 6.26. The lowest BCUT2D eigenvalue weighted by molar-refractivity contribution is -0.123. The second-order valence-electron chi connectivity index (χ2n) is 6.26. The van der Waals surface area contributed by atoms with Gasteiger partial charge >= 0.3 is 0 Å². The van der Waals surface area contributed by atoms with Crippen LogP contribution in [0.2, 0.25) is 0 Å². The van der Waals surface area contributed by atoms with Gasteiger partial charge in [0.25, 0.3) is 0 Å². The molecule has 0 aromatic heterocycles. The van der Waals surface area contributed by atoms with Gasteiger partial charge in [0.05, 0.1) is 19.3 Å². The van der Waals surface area contributed by atoms with E-state index in [0.29, 0.717) is 31.6 Å². The van der Waals surface area contributed by atoms with Gasteiger partial charge < -0.3 is 15.4 Å². The summed E-state index contributed by atoms with van der Waals surface area (Å²) in [5.41, 5.74) is 1.56. The number of benzene rings is 2. The number of hydrogen-bond donors (Lipinski definition) is 2. The van der Waals surface area contributed by atoms with Crippen molar-refractivity contribution in [2.75, 3.05) is 19.8 Å². The SMILES string of the molecule is O=C(CC1COCCN1)NC(Cc1ccccc1)c1ccccc1F. The molecule has 0 saturated carbocycles. The highest BCUT2D eigenvalue weighted by Crippen LogP contribution is 2.21. The topological polar surface area (TPSA) is 50.4 Å². The average Bonchev–Trinajstić information content (AvgIpc) is 2.63. The molecule has 1 aliphatic rings. The molecule has 0 radical (unpaired) electrons. The average molecular weight is 342 g/mol. The first-order valence-corrected chi connectivity index (χ1v) is 8.61. The Morgan fingerprint density at radius 1 is 1.20 bits per heavy atom. The van der Waals surface area contributed by atoms with Gasteiger partial charge in [0.2, 0.25) is 5.91 Å². The van der Waals surface area contributed by atoms with Gasteiger partial charge in [-0.3, -0.25) is 4.79 Å². The molecule has 1 heterocycles. The van der Waals surface area contributed by atoms with Gasteiger partial charge in [-0.15, -0.1) is 0 Å². The zero-order chi connectivity index (χ0) is 17.5. The molecule has 2 aromatic carbocycles. The lowest BCUT2D eigenvalue weighted by Gasteiger charge is -2.25. The van der Waals surface area contributed by atoms with E-state index >= 15 is 0 Å². The minimum Gasteiger partial charge on any atom is -0.378 e. The van der Waals surface area contributed by atoms with E-state index in [0.717, 1.165) is 12.1 Å². The summed E-state index contributed by atoms with van der Waals surface area (Å²) in [7, 11) is 0. The van der Waals surface area contributed by atoms with Crippen molar-refractivity contribution < 1.29 is 13.9 Å². The number of morpholine rings is 1. The Morgan fingerprint density at radius 3 is 2.68 bits per heavy atom. The van der Waals surface area contributed by atoms with E-state index in [1.54, 1.807) is 18.2 Å². The van der Waals surface area contributed by atoms with Gasteiger partial charge in [0, 0.05) is 24.6 Å². The summed E-state index contributed by atoms with van der Waals surface area (Å²) in [5.74, 6) is -0.407. The summed E-state index contributed by atoms with van der Waals surface area (Å²) in [6.07, 6.45) is 0.863. The zero-order valence-electron chi connectivity index (χ0n) is 14.1. The zero-order valence-corrected chi connectivity index (χ0v) is 14.1. The Morgan fingerprint density at radius 2 is 1.96 bits per heavy atom. The van der Waals surface area contributed by atoms with Crippen LogP contribution in [0.4, 0.5) is 4.39 Å². The molecule has 132 valence electrons. The van der Waals surface area contributed by atoms with Crippen LogP contribution in [0.3, 0.4) is 0 Å². The molecule has 1 aliphatic heterocycles. The molecule has 1 amide bonds. The van der Waals surface area contributed by atoms with Crippen molar-refractivity contribution in [1.82, 2.24) is 10.6 Å². The summed E-state index contributed by atoms with van der Waals surface area (Å²) in [4.78, 5) is 12.5. The Labute approximate surface area is 147 Å². The van der Waals surface area contributed by atoms with Crippen LogP contribution in [0, 0.1) is 5.82 Å². The fourth-order valence-corrected chi connectivity index (χ4v) is 3.07. The first-order chi connectivity index (χ1) is 12.2. The molecular formula is C20H23FN2O2. The third-order valence-corrected chi connectivity index (χ3v) is 4.33. The molecule has 0 aliphatic carbocycles. The molecule has 2 unspecified atom stereocenters. The Balaban J connectivity index is 1.71. The van der Waals surface area contributed by atoms with Gasteiger partial charge in [0.15, 0.2) is 0 Å². The minimum absolute atomic E-state index is 0.00625. The van der Waals surface area contributed by atoms with E-state index in [2.05, 4.69) is 10.6 Å². The summed E-state index contributed by atoms with van der Waals surface area (Å²) in [6, 6.07) is 16.0. The predicted molar refractivity (Wildman–Crippen MR) is 94.7 cm³/mol. The molecule has 25 heavy (non-hydrogen) atoms. The van der Waals surface area contributed by atoms with Gasteiger partial charge in [0.1, 0.15) is 5.82 Å². The third kappa shape index (κ3) is 5.11. The van der Waals surface area contributed by atoms with Crippen LogP contribution in [0.5, 0.6) is 0 Å². The van der Waals surface area contributed by atoms with E-state index < -0.39 is 6.04 Å². The number of carbonyl (C=O) groups is 1. The lowest BCUT2D eigenvalue weighted by atomic mass is 9.98. The van der Waals surface area contributed by atoms with Crippen molar-refractivity contribution in [2.45, 2.75) is 24.9 Å². The van der Waals surface area contributed by atoms with Crippen molar-refractivity contribution in [2.24, 2.45) is 0 Å². The molecule has 5 heteroatoms. The first kappa shape index (κ1) is 17.6. The Hall–Kier alpha value is -2.24. The van der Waals surface area contributed by atoms with E-state index in [1.807, 2.05) is 30.3 Å². The number of halogens is 1.